The molecule has 5 nitrogen and oxygen atoms in total. The van der Waals surface area contributed by atoms with Crippen molar-refractivity contribution in [1.82, 2.24) is 15.0 Å². The fourth-order valence-corrected chi connectivity index (χ4v) is 1.62. The zero-order valence-corrected chi connectivity index (χ0v) is 10.6. The molecule has 0 radical (unpaired) electrons. The lowest BCUT2D eigenvalue weighted by Gasteiger charge is -2.09. The summed E-state index contributed by atoms with van der Waals surface area (Å²) >= 11 is 0. The summed E-state index contributed by atoms with van der Waals surface area (Å²) in [5.74, 6) is 2.43. The first-order valence-corrected chi connectivity index (χ1v) is 6.00. The molecule has 0 aliphatic heterocycles. The van der Waals surface area contributed by atoms with E-state index in [1.54, 1.807) is 12.4 Å². The average Bonchev–Trinajstić information content (AvgIpc) is 2.37. The topological polar surface area (TPSA) is 62.7 Å². The largest absolute Gasteiger partial charge is 0.370 e. The number of aromatic nitrogens is 3. The Hall–Kier alpha value is -2.17. The van der Waals surface area contributed by atoms with Crippen LogP contribution in [-0.2, 0) is 6.54 Å². The molecule has 2 rings (SSSR count). The lowest BCUT2D eigenvalue weighted by Crippen LogP contribution is -2.06. The van der Waals surface area contributed by atoms with E-state index < -0.39 is 0 Å². The Balaban J connectivity index is 2.05. The van der Waals surface area contributed by atoms with Crippen molar-refractivity contribution in [2.24, 2.45) is 0 Å². The maximum atomic E-state index is 4.35. The van der Waals surface area contributed by atoms with E-state index in [4.69, 9.17) is 0 Å². The van der Waals surface area contributed by atoms with E-state index in [1.807, 2.05) is 32.0 Å². The van der Waals surface area contributed by atoms with Gasteiger partial charge in [-0.15, -0.1) is 0 Å². The fraction of sp³-hybridized carbons (Fsp3) is 0.308. The van der Waals surface area contributed by atoms with Crippen LogP contribution in [0.4, 0.5) is 11.6 Å². The maximum absolute atomic E-state index is 4.35. The Bertz CT molecular complexity index is 498. The summed E-state index contributed by atoms with van der Waals surface area (Å²) in [5.41, 5.74) is 1.17. The van der Waals surface area contributed by atoms with Gasteiger partial charge in [0.1, 0.15) is 17.5 Å². The molecular formula is C13H17N5. The molecule has 18 heavy (non-hydrogen) atoms. The summed E-state index contributed by atoms with van der Waals surface area (Å²) in [6.45, 7) is 5.50. The number of rotatable bonds is 5. The highest BCUT2D eigenvalue weighted by molar-refractivity contribution is 5.47. The smallest absolute Gasteiger partial charge is 0.132 e. The Kier molecular flexibility index (Phi) is 4.06. The molecule has 94 valence electrons. The van der Waals surface area contributed by atoms with Gasteiger partial charge < -0.3 is 10.6 Å². The molecule has 0 aromatic carbocycles. The number of pyridine rings is 1. The molecule has 2 aromatic rings. The van der Waals surface area contributed by atoms with Crippen molar-refractivity contribution in [2.45, 2.75) is 20.4 Å². The minimum Gasteiger partial charge on any atom is -0.370 e. The van der Waals surface area contributed by atoms with Crippen molar-refractivity contribution in [3.8, 4) is 0 Å². The molecule has 0 saturated heterocycles. The summed E-state index contributed by atoms with van der Waals surface area (Å²) in [5, 5.41) is 6.47. The number of nitrogens with zero attached hydrogens (tertiary/aromatic N) is 3. The first-order valence-electron chi connectivity index (χ1n) is 6.00. The fourth-order valence-electron chi connectivity index (χ4n) is 1.62. The summed E-state index contributed by atoms with van der Waals surface area (Å²) in [6.07, 6.45) is 3.57. The normalized spacial score (nSPS) is 10.1. The number of hydrogen-bond donors (Lipinski definition) is 2. The van der Waals surface area contributed by atoms with Crippen molar-refractivity contribution in [2.75, 3.05) is 17.2 Å². The van der Waals surface area contributed by atoms with Crippen LogP contribution in [0, 0.1) is 6.92 Å². The average molecular weight is 243 g/mol. The van der Waals surface area contributed by atoms with Gasteiger partial charge in [-0.2, -0.15) is 0 Å². The third-order valence-corrected chi connectivity index (χ3v) is 2.42. The molecule has 0 spiro atoms. The maximum Gasteiger partial charge on any atom is 0.132 e. The number of anilines is 2. The van der Waals surface area contributed by atoms with Crippen molar-refractivity contribution in [3.63, 3.8) is 0 Å². The molecule has 0 saturated carbocycles. The number of aryl methyl sites for hydroxylation is 1. The molecule has 2 aromatic heterocycles. The highest BCUT2D eigenvalue weighted by atomic mass is 15.1. The lowest BCUT2D eigenvalue weighted by molar-refractivity contribution is 1.01. The van der Waals surface area contributed by atoms with Gasteiger partial charge in [0.15, 0.2) is 0 Å². The second-order valence-electron chi connectivity index (χ2n) is 3.92. The highest BCUT2D eigenvalue weighted by Crippen LogP contribution is 2.11. The van der Waals surface area contributed by atoms with Gasteiger partial charge in [-0.3, -0.25) is 4.98 Å². The van der Waals surface area contributed by atoms with Crippen LogP contribution < -0.4 is 10.6 Å². The van der Waals surface area contributed by atoms with Crippen molar-refractivity contribution < 1.29 is 0 Å². The quantitative estimate of drug-likeness (QED) is 0.843. The van der Waals surface area contributed by atoms with Gasteiger partial charge in [-0.05, 0) is 31.5 Å². The van der Waals surface area contributed by atoms with Gasteiger partial charge in [0, 0.05) is 31.5 Å². The molecular weight excluding hydrogens is 226 g/mol. The van der Waals surface area contributed by atoms with Crippen molar-refractivity contribution in [3.05, 3.63) is 42.0 Å². The molecule has 2 N–H and O–H groups in total. The van der Waals surface area contributed by atoms with E-state index in [0.717, 1.165) is 30.5 Å². The third kappa shape index (κ3) is 3.41. The van der Waals surface area contributed by atoms with E-state index >= 15 is 0 Å². The van der Waals surface area contributed by atoms with Crippen molar-refractivity contribution in [1.29, 1.82) is 0 Å². The monoisotopic (exact) mass is 243 g/mol. The van der Waals surface area contributed by atoms with Crippen LogP contribution in [0.3, 0.4) is 0 Å². The predicted octanol–water partition coefficient (Wildman–Crippen LogP) is 2.22. The Labute approximate surface area is 107 Å². The summed E-state index contributed by atoms with van der Waals surface area (Å²) in [7, 11) is 0. The molecule has 5 heteroatoms. The number of nitrogens with one attached hydrogen (secondary N) is 2. The molecule has 0 atom stereocenters. The Morgan fingerprint density at radius 2 is 1.72 bits per heavy atom. The zero-order chi connectivity index (χ0) is 12.8. The van der Waals surface area contributed by atoms with Gasteiger partial charge >= 0.3 is 0 Å². The van der Waals surface area contributed by atoms with Crippen LogP contribution in [0.25, 0.3) is 0 Å². The second-order valence-corrected chi connectivity index (χ2v) is 3.92. The minimum atomic E-state index is 0.727. The first-order chi connectivity index (χ1) is 8.78. The first kappa shape index (κ1) is 12.3. The number of hydrogen-bond acceptors (Lipinski definition) is 5. The van der Waals surface area contributed by atoms with Crippen LogP contribution in [0.2, 0.25) is 0 Å². The van der Waals surface area contributed by atoms with E-state index in [0.29, 0.717) is 0 Å². The molecule has 0 fully saturated rings. The Morgan fingerprint density at radius 1 is 1.06 bits per heavy atom. The molecule has 0 bridgehead atoms. The summed E-state index contributed by atoms with van der Waals surface area (Å²) < 4.78 is 0. The molecule has 0 amide bonds. The Morgan fingerprint density at radius 3 is 2.39 bits per heavy atom. The highest BCUT2D eigenvalue weighted by Gasteiger charge is 2.00. The standard InChI is InChI=1S/C13H17N5/c1-3-15-12-8-13(18-10(2)17-12)16-9-11-4-6-14-7-5-11/h4-8H,3,9H2,1-2H3,(H2,15,16,17,18). The SMILES string of the molecule is CCNc1cc(NCc2ccncc2)nc(C)n1. The summed E-state index contributed by atoms with van der Waals surface area (Å²) in [6, 6.07) is 5.87. The van der Waals surface area contributed by atoms with Crippen LogP contribution in [0.15, 0.2) is 30.6 Å². The zero-order valence-electron chi connectivity index (χ0n) is 10.6. The van der Waals surface area contributed by atoms with E-state index in [2.05, 4.69) is 25.6 Å². The van der Waals surface area contributed by atoms with Gasteiger partial charge in [0.05, 0.1) is 0 Å². The molecule has 2 heterocycles. The van der Waals surface area contributed by atoms with E-state index in [1.165, 1.54) is 5.56 Å². The third-order valence-electron chi connectivity index (χ3n) is 2.42. The minimum absolute atomic E-state index is 0.727. The lowest BCUT2D eigenvalue weighted by atomic mass is 10.3. The van der Waals surface area contributed by atoms with E-state index in [-0.39, 0.29) is 0 Å². The summed E-state index contributed by atoms with van der Waals surface area (Å²) in [4.78, 5) is 12.6. The molecule has 0 aliphatic carbocycles. The van der Waals surface area contributed by atoms with Gasteiger partial charge in [0.2, 0.25) is 0 Å². The van der Waals surface area contributed by atoms with Gasteiger partial charge in [-0.1, -0.05) is 0 Å². The van der Waals surface area contributed by atoms with Crippen LogP contribution in [0.5, 0.6) is 0 Å². The van der Waals surface area contributed by atoms with Crippen LogP contribution >= 0.6 is 0 Å². The van der Waals surface area contributed by atoms with Crippen molar-refractivity contribution >= 4 is 11.6 Å². The van der Waals surface area contributed by atoms with E-state index in [9.17, 15) is 0 Å². The van der Waals surface area contributed by atoms with Gasteiger partial charge in [-0.25, -0.2) is 9.97 Å². The molecule has 0 unspecified atom stereocenters. The predicted molar refractivity (Wildman–Crippen MR) is 72.5 cm³/mol. The van der Waals surface area contributed by atoms with Crippen LogP contribution in [-0.4, -0.2) is 21.5 Å². The van der Waals surface area contributed by atoms with Gasteiger partial charge in [0.25, 0.3) is 0 Å². The van der Waals surface area contributed by atoms with Crippen LogP contribution in [0.1, 0.15) is 18.3 Å². The molecule has 0 aliphatic rings. The second kappa shape index (κ2) is 5.95.